The molecule has 0 heterocycles. The predicted molar refractivity (Wildman–Crippen MR) is 88.8 cm³/mol. The van der Waals surface area contributed by atoms with Gasteiger partial charge in [0.2, 0.25) is 0 Å². The van der Waals surface area contributed by atoms with Gasteiger partial charge in [-0.25, -0.2) is 4.79 Å². The van der Waals surface area contributed by atoms with Crippen molar-refractivity contribution in [1.29, 1.82) is 0 Å². The second-order valence-corrected chi connectivity index (χ2v) is 5.34. The molecule has 0 aliphatic heterocycles. The van der Waals surface area contributed by atoms with Gasteiger partial charge in [-0.3, -0.25) is 4.79 Å². The Morgan fingerprint density at radius 2 is 1.74 bits per heavy atom. The molecule has 0 fully saturated rings. The summed E-state index contributed by atoms with van der Waals surface area (Å²) in [6.07, 6.45) is 0. The van der Waals surface area contributed by atoms with Gasteiger partial charge in [-0.1, -0.05) is 36.4 Å². The van der Waals surface area contributed by atoms with Crippen LogP contribution in [0.4, 0.5) is 0 Å². The Morgan fingerprint density at radius 3 is 2.43 bits per heavy atom. The van der Waals surface area contributed by atoms with Crippen molar-refractivity contribution in [3.8, 4) is 5.75 Å². The molecule has 116 valence electrons. The minimum absolute atomic E-state index is 0.371. The highest BCUT2D eigenvalue weighted by Crippen LogP contribution is 2.37. The molecule has 3 aromatic carbocycles. The molecule has 0 aliphatic carbocycles. The molecule has 0 aliphatic rings. The Bertz CT molecular complexity index is 941. The van der Waals surface area contributed by atoms with Crippen LogP contribution < -0.4 is 4.74 Å². The van der Waals surface area contributed by atoms with E-state index in [1.54, 1.807) is 6.07 Å². The topological polar surface area (TPSA) is 52.6 Å². The Labute approximate surface area is 133 Å². The van der Waals surface area contributed by atoms with Gasteiger partial charge in [-0.05, 0) is 34.7 Å². The Balaban J connectivity index is 2.46. The van der Waals surface area contributed by atoms with Crippen LogP contribution in [-0.4, -0.2) is 19.0 Å². The summed E-state index contributed by atoms with van der Waals surface area (Å²) in [5, 5.41) is 3.70. The van der Waals surface area contributed by atoms with E-state index in [4.69, 9.17) is 9.47 Å². The first-order valence-corrected chi connectivity index (χ1v) is 7.24. The van der Waals surface area contributed by atoms with Gasteiger partial charge in [0, 0.05) is 12.3 Å². The van der Waals surface area contributed by atoms with Crippen molar-refractivity contribution < 1.29 is 19.1 Å². The lowest BCUT2D eigenvalue weighted by molar-refractivity contribution is -0.131. The molecule has 23 heavy (non-hydrogen) atoms. The minimum atomic E-state index is -0.453. The second-order valence-electron chi connectivity index (χ2n) is 5.34. The van der Waals surface area contributed by atoms with Crippen molar-refractivity contribution in [3.63, 3.8) is 0 Å². The van der Waals surface area contributed by atoms with Gasteiger partial charge >= 0.3 is 11.9 Å². The van der Waals surface area contributed by atoms with Gasteiger partial charge in [-0.2, -0.15) is 0 Å². The van der Waals surface area contributed by atoms with Crippen molar-refractivity contribution in [2.75, 3.05) is 7.11 Å². The van der Waals surface area contributed by atoms with Gasteiger partial charge in [0.1, 0.15) is 5.75 Å². The van der Waals surface area contributed by atoms with Crippen LogP contribution in [0, 0.1) is 6.92 Å². The number of ether oxygens (including phenoxy) is 2. The van der Waals surface area contributed by atoms with E-state index in [0.29, 0.717) is 11.3 Å². The lowest BCUT2D eigenvalue weighted by Crippen LogP contribution is -2.08. The third-order valence-corrected chi connectivity index (χ3v) is 3.92. The van der Waals surface area contributed by atoms with Crippen LogP contribution in [0.3, 0.4) is 0 Å². The molecular formula is C19H16O4. The van der Waals surface area contributed by atoms with E-state index in [-0.39, 0.29) is 0 Å². The monoisotopic (exact) mass is 308 g/mol. The molecule has 3 rings (SSSR count). The fourth-order valence-electron chi connectivity index (χ4n) is 2.86. The summed E-state index contributed by atoms with van der Waals surface area (Å²) in [7, 11) is 1.33. The molecule has 3 aromatic rings. The third kappa shape index (κ3) is 2.52. The highest BCUT2D eigenvalue weighted by Gasteiger charge is 2.18. The average Bonchev–Trinajstić information content (AvgIpc) is 2.55. The van der Waals surface area contributed by atoms with Crippen LogP contribution >= 0.6 is 0 Å². The minimum Gasteiger partial charge on any atom is -0.465 e. The Kier molecular flexibility index (Phi) is 3.74. The number of aryl methyl sites for hydroxylation is 1. The lowest BCUT2D eigenvalue weighted by atomic mass is 9.94. The van der Waals surface area contributed by atoms with Crippen molar-refractivity contribution in [2.24, 2.45) is 0 Å². The number of carbonyl (C=O) groups is 2. The fourth-order valence-corrected chi connectivity index (χ4v) is 2.86. The standard InChI is InChI=1S/C19H16O4/c1-11-14-9-8-13-6-4-5-7-15(13)18(14)17(23-12(2)20)10-16(11)19(21)22-3/h4-10H,1-3H3. The molecule has 0 N–H and O–H groups in total. The molecule has 0 atom stereocenters. The average molecular weight is 308 g/mol. The van der Waals surface area contributed by atoms with E-state index in [1.165, 1.54) is 14.0 Å². The molecule has 4 heteroatoms. The van der Waals surface area contributed by atoms with Crippen LogP contribution in [0.5, 0.6) is 5.75 Å². The van der Waals surface area contributed by atoms with Crippen molar-refractivity contribution in [2.45, 2.75) is 13.8 Å². The van der Waals surface area contributed by atoms with E-state index in [2.05, 4.69) is 0 Å². The van der Waals surface area contributed by atoms with Crippen molar-refractivity contribution in [1.82, 2.24) is 0 Å². The molecule has 0 amide bonds. The summed E-state index contributed by atoms with van der Waals surface area (Å²) in [5.41, 5.74) is 1.19. The second kappa shape index (κ2) is 5.72. The quantitative estimate of drug-likeness (QED) is 0.408. The lowest BCUT2D eigenvalue weighted by Gasteiger charge is -2.14. The summed E-state index contributed by atoms with van der Waals surface area (Å²) >= 11 is 0. The van der Waals surface area contributed by atoms with Crippen LogP contribution in [-0.2, 0) is 9.53 Å². The van der Waals surface area contributed by atoms with Crippen LogP contribution in [0.15, 0.2) is 42.5 Å². The summed E-state index contributed by atoms with van der Waals surface area (Å²) in [6.45, 7) is 3.20. The molecule has 0 bridgehead atoms. The molecule has 0 aromatic heterocycles. The maximum absolute atomic E-state index is 12.0. The normalized spacial score (nSPS) is 10.7. The van der Waals surface area contributed by atoms with Gasteiger partial charge in [0.05, 0.1) is 12.7 Å². The van der Waals surface area contributed by atoms with Gasteiger partial charge in [0.25, 0.3) is 0 Å². The molecule has 0 radical (unpaired) electrons. The number of hydrogen-bond donors (Lipinski definition) is 0. The maximum Gasteiger partial charge on any atom is 0.338 e. The molecule has 4 nitrogen and oxygen atoms in total. The SMILES string of the molecule is COC(=O)c1cc(OC(C)=O)c2c(ccc3ccccc32)c1C. The first-order chi connectivity index (χ1) is 11.0. The fraction of sp³-hybridized carbons (Fsp3) is 0.158. The number of benzene rings is 3. The number of hydrogen-bond acceptors (Lipinski definition) is 4. The number of rotatable bonds is 2. The molecule has 0 unspecified atom stereocenters. The summed E-state index contributed by atoms with van der Waals surface area (Å²) in [4.78, 5) is 23.5. The van der Waals surface area contributed by atoms with Gasteiger partial charge in [0.15, 0.2) is 0 Å². The molecule has 0 saturated heterocycles. The zero-order valence-corrected chi connectivity index (χ0v) is 13.2. The number of esters is 2. The smallest absolute Gasteiger partial charge is 0.338 e. The molecule has 0 spiro atoms. The first kappa shape index (κ1) is 15.0. The van der Waals surface area contributed by atoms with E-state index in [0.717, 1.165) is 27.1 Å². The predicted octanol–water partition coefficient (Wildman–Crippen LogP) is 4.01. The maximum atomic E-state index is 12.0. The van der Waals surface area contributed by atoms with Crippen LogP contribution in [0.1, 0.15) is 22.8 Å². The van der Waals surface area contributed by atoms with Crippen LogP contribution in [0.25, 0.3) is 21.5 Å². The van der Waals surface area contributed by atoms with Crippen molar-refractivity contribution in [3.05, 3.63) is 53.6 Å². The zero-order chi connectivity index (χ0) is 16.6. The Morgan fingerprint density at radius 1 is 1.00 bits per heavy atom. The Hall–Kier alpha value is -2.88. The van der Waals surface area contributed by atoms with E-state index >= 15 is 0 Å². The van der Waals surface area contributed by atoms with E-state index < -0.39 is 11.9 Å². The van der Waals surface area contributed by atoms with E-state index in [1.807, 2.05) is 43.3 Å². The summed E-state index contributed by atoms with van der Waals surface area (Å²) in [5.74, 6) is -0.514. The first-order valence-electron chi connectivity index (χ1n) is 7.24. The van der Waals surface area contributed by atoms with Gasteiger partial charge < -0.3 is 9.47 Å². The third-order valence-electron chi connectivity index (χ3n) is 3.92. The molecule has 0 saturated carbocycles. The molecular weight excluding hydrogens is 292 g/mol. The summed E-state index contributed by atoms with van der Waals surface area (Å²) in [6, 6.07) is 13.4. The van der Waals surface area contributed by atoms with E-state index in [9.17, 15) is 9.59 Å². The van der Waals surface area contributed by atoms with Gasteiger partial charge in [-0.15, -0.1) is 0 Å². The largest absolute Gasteiger partial charge is 0.465 e. The zero-order valence-electron chi connectivity index (χ0n) is 13.2. The highest BCUT2D eigenvalue weighted by atomic mass is 16.5. The number of methoxy groups -OCH3 is 1. The van der Waals surface area contributed by atoms with Crippen LogP contribution in [0.2, 0.25) is 0 Å². The number of fused-ring (bicyclic) bond motifs is 3. The number of carbonyl (C=O) groups excluding carboxylic acids is 2. The van der Waals surface area contributed by atoms with Crippen molar-refractivity contribution >= 4 is 33.5 Å². The summed E-state index contributed by atoms with van der Waals surface area (Å²) < 4.78 is 10.2. The highest BCUT2D eigenvalue weighted by molar-refractivity contribution is 6.14.